The van der Waals surface area contributed by atoms with Crippen molar-refractivity contribution in [3.8, 4) is 0 Å². The second kappa shape index (κ2) is 8.80. The van der Waals surface area contributed by atoms with Crippen LogP contribution in [0.5, 0.6) is 0 Å². The number of aliphatic hydroxyl groups excluding tert-OH is 1. The maximum Gasteiger partial charge on any atom is 0.165 e. The molecule has 1 rings (SSSR count). The number of rotatable bonds is 9. The van der Waals surface area contributed by atoms with Crippen LogP contribution >= 0.6 is 0 Å². The van der Waals surface area contributed by atoms with Crippen LogP contribution in [0.25, 0.3) is 0 Å². The van der Waals surface area contributed by atoms with Crippen LogP contribution in [0.15, 0.2) is 12.1 Å². The van der Waals surface area contributed by atoms with Crippen molar-refractivity contribution in [3.63, 3.8) is 0 Å². The lowest BCUT2D eigenvalue weighted by atomic mass is 9.87. The summed E-state index contributed by atoms with van der Waals surface area (Å²) in [6, 6.07) is 4.10. The Morgan fingerprint density at radius 1 is 1.30 bits per heavy atom. The highest BCUT2D eigenvalue weighted by Gasteiger charge is 2.15. The van der Waals surface area contributed by atoms with Gasteiger partial charge in [-0.1, -0.05) is 38.2 Å². The lowest BCUT2D eigenvalue weighted by Crippen LogP contribution is -2.17. The van der Waals surface area contributed by atoms with Gasteiger partial charge in [0.25, 0.3) is 0 Å². The molecule has 0 aliphatic carbocycles. The Morgan fingerprint density at radius 3 is 2.65 bits per heavy atom. The van der Waals surface area contributed by atoms with E-state index in [0.717, 1.165) is 48.0 Å². The lowest BCUT2D eigenvalue weighted by Gasteiger charge is -2.16. The first-order valence-corrected chi connectivity index (χ1v) is 7.65. The monoisotopic (exact) mass is 275 g/mol. The molecule has 0 atom stereocenters. The van der Waals surface area contributed by atoms with Gasteiger partial charge in [0.1, 0.15) is 7.85 Å². The number of hydrogen-bond donors (Lipinski definition) is 2. The van der Waals surface area contributed by atoms with Gasteiger partial charge in [-0.25, -0.2) is 0 Å². The van der Waals surface area contributed by atoms with Gasteiger partial charge in [-0.3, -0.25) is 4.79 Å². The minimum Gasteiger partial charge on any atom is -0.395 e. The minimum absolute atomic E-state index is 0.0683. The highest BCUT2D eigenvalue weighted by molar-refractivity contribution is 6.33. The highest BCUT2D eigenvalue weighted by atomic mass is 16.3. The molecule has 1 aromatic rings. The van der Waals surface area contributed by atoms with Gasteiger partial charge >= 0.3 is 0 Å². The van der Waals surface area contributed by atoms with Gasteiger partial charge in [-0.15, -0.1) is 0 Å². The van der Waals surface area contributed by atoms with E-state index in [9.17, 15) is 4.79 Å². The molecule has 0 heterocycles. The Balaban J connectivity index is 3.02. The molecule has 3 nitrogen and oxygen atoms in total. The fraction of sp³-hybridized carbons (Fsp3) is 0.562. The van der Waals surface area contributed by atoms with E-state index in [0.29, 0.717) is 13.0 Å². The van der Waals surface area contributed by atoms with Crippen LogP contribution in [0, 0.1) is 0 Å². The molecular weight excluding hydrogens is 249 g/mol. The first-order chi connectivity index (χ1) is 9.63. The van der Waals surface area contributed by atoms with Gasteiger partial charge in [-0.05, 0) is 24.5 Å². The number of Topliss-reactive ketones (excluding diaryl/α,β-unsaturated/α-hetero) is 1. The fourth-order valence-electron chi connectivity index (χ4n) is 2.46. The highest BCUT2D eigenvalue weighted by Crippen LogP contribution is 2.22. The SMILES string of the molecule is Bc1cc(CC)c(C(=O)CCCCC)c(NCCO)c1. The van der Waals surface area contributed by atoms with Gasteiger partial charge in [0.15, 0.2) is 5.78 Å². The zero-order chi connectivity index (χ0) is 15.0. The van der Waals surface area contributed by atoms with Gasteiger partial charge in [0.05, 0.1) is 6.61 Å². The van der Waals surface area contributed by atoms with Crippen LogP contribution in [-0.4, -0.2) is 31.9 Å². The van der Waals surface area contributed by atoms with Crippen molar-refractivity contribution >= 4 is 24.8 Å². The van der Waals surface area contributed by atoms with Crippen molar-refractivity contribution in [2.24, 2.45) is 0 Å². The Morgan fingerprint density at radius 2 is 2.05 bits per heavy atom. The fourth-order valence-corrected chi connectivity index (χ4v) is 2.46. The number of hydrogen-bond acceptors (Lipinski definition) is 3. The van der Waals surface area contributed by atoms with Crippen LogP contribution in [0.3, 0.4) is 0 Å². The van der Waals surface area contributed by atoms with Gasteiger partial charge in [-0.2, -0.15) is 0 Å². The van der Waals surface area contributed by atoms with Gasteiger partial charge in [0, 0.05) is 24.2 Å². The molecule has 110 valence electrons. The zero-order valence-electron chi connectivity index (χ0n) is 13.0. The van der Waals surface area contributed by atoms with E-state index in [-0.39, 0.29) is 12.4 Å². The van der Waals surface area contributed by atoms with Crippen molar-refractivity contribution < 1.29 is 9.90 Å². The smallest absolute Gasteiger partial charge is 0.165 e. The molecule has 1 aromatic carbocycles. The molecular formula is C16H26BNO2. The van der Waals surface area contributed by atoms with E-state index in [1.807, 2.05) is 13.9 Å². The summed E-state index contributed by atoms with van der Waals surface area (Å²) in [6.45, 7) is 4.76. The van der Waals surface area contributed by atoms with E-state index >= 15 is 0 Å². The maximum absolute atomic E-state index is 12.5. The average molecular weight is 275 g/mol. The molecule has 2 N–H and O–H groups in total. The number of benzene rings is 1. The molecule has 0 fully saturated rings. The molecule has 4 heteroatoms. The van der Waals surface area contributed by atoms with Crippen molar-refractivity contribution in [2.75, 3.05) is 18.5 Å². The molecule has 0 spiro atoms. The summed E-state index contributed by atoms with van der Waals surface area (Å²) in [5, 5.41) is 12.2. The Hall–Kier alpha value is -1.29. The topological polar surface area (TPSA) is 49.3 Å². The summed E-state index contributed by atoms with van der Waals surface area (Å²) >= 11 is 0. The Bertz CT molecular complexity index is 446. The van der Waals surface area contributed by atoms with Crippen LogP contribution in [0.2, 0.25) is 0 Å². The van der Waals surface area contributed by atoms with Gasteiger partial charge < -0.3 is 10.4 Å². The second-order valence-electron chi connectivity index (χ2n) is 5.23. The van der Waals surface area contributed by atoms with E-state index in [1.54, 1.807) is 0 Å². The van der Waals surface area contributed by atoms with Crippen LogP contribution in [0.1, 0.15) is 55.5 Å². The number of anilines is 1. The number of carbonyl (C=O) groups is 1. The second-order valence-corrected chi connectivity index (χ2v) is 5.23. The first kappa shape index (κ1) is 16.8. The van der Waals surface area contributed by atoms with E-state index < -0.39 is 0 Å². The predicted octanol–water partition coefficient (Wildman–Crippen LogP) is 1.67. The molecule has 0 radical (unpaired) electrons. The number of carbonyl (C=O) groups excluding carboxylic acids is 1. The van der Waals surface area contributed by atoms with Crippen LogP contribution in [-0.2, 0) is 6.42 Å². The number of nitrogens with one attached hydrogen (secondary N) is 1. The van der Waals surface area contributed by atoms with Crippen molar-refractivity contribution in [2.45, 2.75) is 46.0 Å². The molecule has 0 unspecified atom stereocenters. The van der Waals surface area contributed by atoms with Crippen molar-refractivity contribution in [1.82, 2.24) is 0 Å². The first-order valence-electron chi connectivity index (χ1n) is 7.65. The Kier molecular flexibility index (Phi) is 7.38. The molecule has 0 saturated carbocycles. The lowest BCUT2D eigenvalue weighted by molar-refractivity contribution is 0.0979. The molecule has 0 aliphatic heterocycles. The molecule has 0 amide bonds. The maximum atomic E-state index is 12.5. The summed E-state index contributed by atoms with van der Waals surface area (Å²) < 4.78 is 0. The summed E-state index contributed by atoms with van der Waals surface area (Å²) in [4.78, 5) is 12.5. The number of ketones is 1. The van der Waals surface area contributed by atoms with Crippen molar-refractivity contribution in [3.05, 3.63) is 23.3 Å². The summed E-state index contributed by atoms with van der Waals surface area (Å²) in [6.07, 6.45) is 4.63. The molecule has 0 aliphatic rings. The standard InChI is InChI=1S/C16H26BNO2/c1-3-5-6-7-15(20)16-12(4-2)10-13(17)11-14(16)18-8-9-19/h10-11,18-19H,3-9,17H2,1-2H3. The molecule has 0 bridgehead atoms. The number of unbranched alkanes of at least 4 members (excludes halogenated alkanes) is 2. The van der Waals surface area contributed by atoms with E-state index in [2.05, 4.69) is 25.2 Å². The number of aryl methyl sites for hydroxylation is 1. The van der Waals surface area contributed by atoms with Gasteiger partial charge in [0.2, 0.25) is 0 Å². The largest absolute Gasteiger partial charge is 0.395 e. The third kappa shape index (κ3) is 4.67. The van der Waals surface area contributed by atoms with E-state index in [1.165, 1.54) is 0 Å². The molecule has 20 heavy (non-hydrogen) atoms. The minimum atomic E-state index is 0.0683. The quantitative estimate of drug-likeness (QED) is 0.409. The third-order valence-electron chi connectivity index (χ3n) is 3.46. The predicted molar refractivity (Wildman–Crippen MR) is 88.0 cm³/mol. The number of aliphatic hydroxyl groups is 1. The van der Waals surface area contributed by atoms with E-state index in [4.69, 9.17) is 5.11 Å². The van der Waals surface area contributed by atoms with Crippen LogP contribution in [0.4, 0.5) is 5.69 Å². The summed E-state index contributed by atoms with van der Waals surface area (Å²) in [5.74, 6) is 0.218. The summed E-state index contributed by atoms with van der Waals surface area (Å²) in [7, 11) is 2.04. The molecule has 0 saturated heterocycles. The Labute approximate surface area is 123 Å². The molecule has 0 aromatic heterocycles. The zero-order valence-corrected chi connectivity index (χ0v) is 13.0. The summed E-state index contributed by atoms with van der Waals surface area (Å²) in [5.41, 5.74) is 3.94. The normalized spacial score (nSPS) is 10.6. The average Bonchev–Trinajstić information content (AvgIpc) is 2.44. The van der Waals surface area contributed by atoms with Crippen molar-refractivity contribution in [1.29, 1.82) is 0 Å². The van der Waals surface area contributed by atoms with Crippen LogP contribution < -0.4 is 10.8 Å². The third-order valence-corrected chi connectivity index (χ3v) is 3.46.